The molecule has 204 valence electrons. The van der Waals surface area contributed by atoms with E-state index in [2.05, 4.69) is 25.7 Å². The number of carbonyl (C=O) groups is 3. The van der Waals surface area contributed by atoms with Crippen LogP contribution in [0.5, 0.6) is 0 Å². The molecule has 0 aliphatic rings. The number of hydrogen-bond donors (Lipinski definition) is 5. The summed E-state index contributed by atoms with van der Waals surface area (Å²) in [7, 11) is 1.31. The predicted octanol–water partition coefficient (Wildman–Crippen LogP) is 3.51. The van der Waals surface area contributed by atoms with Crippen LogP contribution in [-0.2, 0) is 20.7 Å². The highest BCUT2D eigenvalue weighted by molar-refractivity contribution is 7.17. The summed E-state index contributed by atoms with van der Waals surface area (Å²) >= 11 is 1.30. The molecule has 1 unspecified atom stereocenters. The maximum Gasteiger partial charge on any atom is 0.407 e. The lowest BCUT2D eigenvalue weighted by atomic mass is 10.0. The van der Waals surface area contributed by atoms with Crippen LogP contribution in [-0.4, -0.2) is 61.5 Å². The zero-order valence-electron chi connectivity index (χ0n) is 22.3. The van der Waals surface area contributed by atoms with E-state index in [1.807, 2.05) is 19.1 Å². The molecule has 0 radical (unpaired) electrons. The highest BCUT2D eigenvalue weighted by Crippen LogP contribution is 2.23. The molecule has 11 nitrogen and oxygen atoms in total. The Morgan fingerprint density at radius 1 is 1.30 bits per heavy atom. The topological polar surface area (TPSA) is 169 Å². The summed E-state index contributed by atoms with van der Waals surface area (Å²) in [5.74, 6) is -0.230. The van der Waals surface area contributed by atoms with Crippen LogP contribution >= 0.6 is 11.3 Å². The predicted molar refractivity (Wildman–Crippen MR) is 147 cm³/mol. The van der Waals surface area contributed by atoms with E-state index in [9.17, 15) is 9.59 Å². The lowest BCUT2D eigenvalue weighted by Crippen LogP contribution is -2.43. The van der Waals surface area contributed by atoms with E-state index < -0.39 is 11.7 Å². The highest BCUT2D eigenvalue weighted by atomic mass is 32.1. The molecule has 0 saturated heterocycles. The Hall–Kier alpha value is -3.67. The Kier molecular flexibility index (Phi) is 13.1. The Morgan fingerprint density at radius 3 is 2.57 bits per heavy atom. The molecule has 1 aromatic heterocycles. The molecule has 1 heterocycles. The molecule has 2 rings (SSSR count). The van der Waals surface area contributed by atoms with Gasteiger partial charge in [-0.05, 0) is 59.1 Å². The minimum absolute atomic E-state index is 0.230. The monoisotopic (exact) mass is 534 g/mol. The Balaban J connectivity index is 0.00000159. The van der Waals surface area contributed by atoms with Gasteiger partial charge in [0, 0.05) is 36.6 Å². The van der Waals surface area contributed by atoms with E-state index in [1.54, 1.807) is 33.8 Å². The van der Waals surface area contributed by atoms with Crippen molar-refractivity contribution in [2.45, 2.75) is 59.1 Å². The molecule has 0 aliphatic carbocycles. The number of alkyl carbamates (subject to hydrolysis) is 1. The normalized spacial score (nSPS) is 11.3. The number of ether oxygens (including phenoxy) is 2. The van der Waals surface area contributed by atoms with Crippen molar-refractivity contribution in [3.05, 3.63) is 39.9 Å². The number of thiazole rings is 1. The molecule has 0 spiro atoms. The van der Waals surface area contributed by atoms with Crippen LogP contribution in [0.15, 0.2) is 18.2 Å². The number of aromatic nitrogens is 1. The summed E-state index contributed by atoms with van der Waals surface area (Å²) in [5, 5.41) is 17.0. The van der Waals surface area contributed by atoms with Gasteiger partial charge < -0.3 is 36.6 Å². The van der Waals surface area contributed by atoms with Gasteiger partial charge in [-0.2, -0.15) is 0 Å². The van der Waals surface area contributed by atoms with Crippen LogP contribution in [0.25, 0.3) is 0 Å². The zero-order chi connectivity index (χ0) is 28.0. The molecular formula is C25H38N6O5S. The lowest BCUT2D eigenvalue weighted by Gasteiger charge is -2.21. The minimum atomic E-state index is -0.573. The first kappa shape index (κ1) is 31.4. The third kappa shape index (κ3) is 11.7. The van der Waals surface area contributed by atoms with Crippen molar-refractivity contribution in [2.24, 2.45) is 0 Å². The number of amides is 2. The summed E-state index contributed by atoms with van der Waals surface area (Å²) < 4.78 is 9.06. The fourth-order valence-corrected chi connectivity index (χ4v) is 3.97. The van der Waals surface area contributed by atoms with E-state index in [1.165, 1.54) is 24.7 Å². The van der Waals surface area contributed by atoms with Gasteiger partial charge in [-0.1, -0.05) is 23.5 Å². The van der Waals surface area contributed by atoms with Gasteiger partial charge in [0.25, 0.3) is 12.4 Å². The molecule has 37 heavy (non-hydrogen) atoms. The van der Waals surface area contributed by atoms with E-state index in [0.717, 1.165) is 24.0 Å². The maximum atomic E-state index is 12.6. The highest BCUT2D eigenvalue weighted by Gasteiger charge is 2.19. The standard InChI is InChI=1S/C23H34N6O3S.C2H4O2/c1-14(13-27-22(31)32-23(3,4)5)28-20(30)19-15(2)29-21(33-19)26-11-7-9-16-8-6-10-18(25)17(16)12-24;1-4-2-3/h6,8,10,12,14,24H,7,9,11,13,25H2,1-5H3,(H,26,29)(H,27,31)(H,28,30);2H,1H3. The largest absolute Gasteiger partial charge is 0.471 e. The molecule has 1 aromatic carbocycles. The number of nitrogens with two attached hydrogens (primary N) is 1. The van der Waals surface area contributed by atoms with Crippen molar-refractivity contribution in [3.63, 3.8) is 0 Å². The second-order valence-electron chi connectivity index (χ2n) is 9.12. The number of benzene rings is 1. The molecule has 2 amide bonds. The smallest absolute Gasteiger partial charge is 0.407 e. The van der Waals surface area contributed by atoms with Gasteiger partial charge in [0.2, 0.25) is 0 Å². The van der Waals surface area contributed by atoms with Gasteiger partial charge in [0.05, 0.1) is 12.8 Å². The molecule has 0 fully saturated rings. The molecule has 1 atom stereocenters. The molecule has 12 heteroatoms. The molecule has 6 N–H and O–H groups in total. The van der Waals surface area contributed by atoms with Crippen LogP contribution in [0.4, 0.5) is 15.6 Å². The number of methoxy groups -OCH3 is 1. The Morgan fingerprint density at radius 2 is 1.97 bits per heavy atom. The van der Waals surface area contributed by atoms with Gasteiger partial charge in [-0.25, -0.2) is 9.78 Å². The number of aryl methyl sites for hydroxylation is 2. The number of rotatable bonds is 11. The van der Waals surface area contributed by atoms with E-state index in [4.69, 9.17) is 20.7 Å². The van der Waals surface area contributed by atoms with E-state index >= 15 is 0 Å². The Bertz CT molecular complexity index is 1050. The molecular weight excluding hydrogens is 496 g/mol. The summed E-state index contributed by atoms with van der Waals surface area (Å²) in [6.45, 7) is 10.3. The second-order valence-corrected chi connectivity index (χ2v) is 10.1. The number of hydrogen-bond acceptors (Lipinski definition) is 10. The average molecular weight is 535 g/mol. The summed E-state index contributed by atoms with van der Waals surface area (Å²) in [6, 6.07) is 5.39. The number of anilines is 2. The third-order valence-corrected chi connectivity index (χ3v) is 5.82. The molecule has 0 saturated carbocycles. The number of carbonyl (C=O) groups excluding carboxylic acids is 3. The van der Waals surface area contributed by atoms with Gasteiger partial charge in [0.15, 0.2) is 5.13 Å². The fourth-order valence-electron chi connectivity index (χ4n) is 3.07. The van der Waals surface area contributed by atoms with Crippen molar-refractivity contribution in [2.75, 3.05) is 31.2 Å². The summed E-state index contributed by atoms with van der Waals surface area (Å²) in [4.78, 5) is 38.3. The van der Waals surface area contributed by atoms with Gasteiger partial charge in [-0.15, -0.1) is 0 Å². The maximum absolute atomic E-state index is 12.6. The van der Waals surface area contributed by atoms with Gasteiger partial charge in [-0.3, -0.25) is 9.59 Å². The van der Waals surface area contributed by atoms with Crippen LogP contribution in [0.3, 0.4) is 0 Å². The van der Waals surface area contributed by atoms with Crippen molar-refractivity contribution in [3.8, 4) is 0 Å². The van der Waals surface area contributed by atoms with Crippen LogP contribution in [0, 0.1) is 12.3 Å². The summed E-state index contributed by atoms with van der Waals surface area (Å²) in [6.07, 6.45) is 2.38. The van der Waals surface area contributed by atoms with E-state index in [-0.39, 0.29) is 18.5 Å². The van der Waals surface area contributed by atoms with Crippen molar-refractivity contribution in [1.29, 1.82) is 5.41 Å². The van der Waals surface area contributed by atoms with Crippen molar-refractivity contribution >= 4 is 46.8 Å². The van der Waals surface area contributed by atoms with Crippen LogP contribution in [0.2, 0.25) is 0 Å². The quantitative estimate of drug-likeness (QED) is 0.126. The molecule has 2 aromatic rings. The first-order valence-corrected chi connectivity index (χ1v) is 12.6. The first-order chi connectivity index (χ1) is 17.4. The minimum Gasteiger partial charge on any atom is -0.471 e. The molecule has 0 bridgehead atoms. The first-order valence-electron chi connectivity index (χ1n) is 11.7. The summed E-state index contributed by atoms with van der Waals surface area (Å²) in [5.41, 5.74) is 8.41. The SMILES string of the molecule is COC=O.Cc1nc(NCCCc2cccc(N)c2C=N)sc1C(=O)NC(C)CNC(=O)OC(C)(C)C. The number of nitrogens with one attached hydrogen (secondary N) is 4. The van der Waals surface area contributed by atoms with Crippen LogP contribution in [0.1, 0.15) is 60.6 Å². The van der Waals surface area contributed by atoms with Crippen LogP contribution < -0.4 is 21.7 Å². The zero-order valence-corrected chi connectivity index (χ0v) is 23.1. The van der Waals surface area contributed by atoms with Gasteiger partial charge >= 0.3 is 6.09 Å². The molecule has 0 aliphatic heterocycles. The average Bonchev–Trinajstić information content (AvgIpc) is 3.20. The van der Waals surface area contributed by atoms with Crippen molar-refractivity contribution in [1.82, 2.24) is 15.6 Å². The van der Waals surface area contributed by atoms with Gasteiger partial charge in [0.1, 0.15) is 10.5 Å². The lowest BCUT2D eigenvalue weighted by molar-refractivity contribution is -0.126. The fraction of sp³-hybridized carbons (Fsp3) is 0.480. The Labute approximate surface area is 222 Å². The van der Waals surface area contributed by atoms with E-state index in [0.29, 0.717) is 34.4 Å². The van der Waals surface area contributed by atoms with Crippen molar-refractivity contribution < 1.29 is 23.9 Å². The number of nitrogen functional groups attached to an aromatic ring is 1. The second kappa shape index (κ2) is 15.4. The number of nitrogens with zero attached hydrogens (tertiary/aromatic N) is 1. The third-order valence-electron chi connectivity index (χ3n) is 4.70.